The first-order valence-corrected chi connectivity index (χ1v) is 9.76. The summed E-state index contributed by atoms with van der Waals surface area (Å²) in [5.41, 5.74) is 1.06. The van der Waals surface area contributed by atoms with E-state index in [1.165, 1.54) is 11.8 Å². The van der Waals surface area contributed by atoms with E-state index in [-0.39, 0.29) is 23.5 Å². The van der Waals surface area contributed by atoms with E-state index in [1.54, 1.807) is 29.2 Å². The molecule has 1 heterocycles. The molecule has 8 heteroatoms. The number of anilines is 1. The summed E-state index contributed by atoms with van der Waals surface area (Å²) in [5.74, 6) is 0.420. The van der Waals surface area contributed by atoms with Crippen molar-refractivity contribution in [3.05, 3.63) is 29.8 Å². The van der Waals surface area contributed by atoms with E-state index in [4.69, 9.17) is 4.74 Å². The van der Waals surface area contributed by atoms with Crippen LogP contribution >= 0.6 is 11.8 Å². The summed E-state index contributed by atoms with van der Waals surface area (Å²) in [6, 6.07) is 6.81. The van der Waals surface area contributed by atoms with Gasteiger partial charge in [-0.3, -0.25) is 14.4 Å². The highest BCUT2D eigenvalue weighted by Gasteiger charge is 2.21. The van der Waals surface area contributed by atoms with E-state index in [0.717, 1.165) is 12.2 Å². The largest absolute Gasteiger partial charge is 0.382 e. The van der Waals surface area contributed by atoms with Gasteiger partial charge < -0.3 is 20.3 Å². The smallest absolute Gasteiger partial charge is 0.281 e. The van der Waals surface area contributed by atoms with Crippen LogP contribution in [0.2, 0.25) is 0 Å². The van der Waals surface area contributed by atoms with Crippen molar-refractivity contribution in [2.75, 3.05) is 43.9 Å². The predicted molar refractivity (Wildman–Crippen MR) is 103 cm³/mol. The Morgan fingerprint density at radius 2 is 2.19 bits per heavy atom. The van der Waals surface area contributed by atoms with E-state index in [1.807, 2.05) is 6.92 Å². The van der Waals surface area contributed by atoms with E-state index >= 15 is 0 Å². The molecule has 7 nitrogen and oxygen atoms in total. The van der Waals surface area contributed by atoms with Gasteiger partial charge in [0.25, 0.3) is 11.1 Å². The third kappa shape index (κ3) is 6.68. The summed E-state index contributed by atoms with van der Waals surface area (Å²) in [4.78, 5) is 37.4. The van der Waals surface area contributed by atoms with Gasteiger partial charge in [-0.05, 0) is 31.5 Å². The van der Waals surface area contributed by atoms with Crippen molar-refractivity contribution in [1.29, 1.82) is 0 Å². The van der Waals surface area contributed by atoms with Gasteiger partial charge in [-0.25, -0.2) is 0 Å². The fraction of sp³-hybridized carbons (Fsp3) is 0.500. The minimum Gasteiger partial charge on any atom is -0.382 e. The zero-order valence-electron chi connectivity index (χ0n) is 15.0. The van der Waals surface area contributed by atoms with Crippen LogP contribution in [-0.4, -0.2) is 60.6 Å². The van der Waals surface area contributed by atoms with Crippen LogP contribution in [0.15, 0.2) is 24.3 Å². The normalized spacial score (nSPS) is 13.7. The Balaban J connectivity index is 1.77. The monoisotopic (exact) mass is 379 g/mol. The maximum Gasteiger partial charge on any atom is 0.281 e. The number of rotatable bonds is 10. The number of hydrogen-bond donors (Lipinski definition) is 2. The molecule has 0 spiro atoms. The second kappa shape index (κ2) is 10.8. The molecule has 0 radical (unpaired) electrons. The molecule has 0 unspecified atom stereocenters. The molecule has 1 aliphatic heterocycles. The molecule has 142 valence electrons. The van der Waals surface area contributed by atoms with Gasteiger partial charge in [0.2, 0.25) is 5.91 Å². The van der Waals surface area contributed by atoms with Gasteiger partial charge >= 0.3 is 0 Å². The van der Waals surface area contributed by atoms with Crippen LogP contribution < -0.4 is 10.6 Å². The van der Waals surface area contributed by atoms with E-state index in [0.29, 0.717) is 44.1 Å². The Morgan fingerprint density at radius 1 is 1.35 bits per heavy atom. The van der Waals surface area contributed by atoms with Crippen molar-refractivity contribution in [1.82, 2.24) is 10.2 Å². The van der Waals surface area contributed by atoms with Crippen molar-refractivity contribution in [3.63, 3.8) is 0 Å². The molecule has 1 aromatic rings. The predicted octanol–water partition coefficient (Wildman–Crippen LogP) is 2.34. The molecule has 0 aromatic heterocycles. The van der Waals surface area contributed by atoms with Gasteiger partial charge in [0.1, 0.15) is 0 Å². The SMILES string of the molecule is CCOCCCNC(=O)c1cccc(NC(=O)CCN2CCSC2=O)c1. The van der Waals surface area contributed by atoms with Crippen molar-refractivity contribution < 1.29 is 19.1 Å². The highest BCUT2D eigenvalue weighted by molar-refractivity contribution is 8.13. The topological polar surface area (TPSA) is 87.7 Å². The second-order valence-corrected chi connectivity index (χ2v) is 6.83. The first-order valence-electron chi connectivity index (χ1n) is 8.77. The van der Waals surface area contributed by atoms with Gasteiger partial charge in [0.15, 0.2) is 0 Å². The summed E-state index contributed by atoms with van der Waals surface area (Å²) in [5, 5.41) is 5.63. The Hall–Kier alpha value is -2.06. The summed E-state index contributed by atoms with van der Waals surface area (Å²) in [6.45, 7) is 4.86. The molecule has 0 atom stereocenters. The highest BCUT2D eigenvalue weighted by atomic mass is 32.2. The molecule has 1 aromatic carbocycles. The average molecular weight is 379 g/mol. The summed E-state index contributed by atoms with van der Waals surface area (Å²) < 4.78 is 5.23. The van der Waals surface area contributed by atoms with Crippen molar-refractivity contribution in [3.8, 4) is 0 Å². The molecule has 1 saturated heterocycles. The highest BCUT2D eigenvalue weighted by Crippen LogP contribution is 2.17. The van der Waals surface area contributed by atoms with Gasteiger partial charge in [-0.2, -0.15) is 0 Å². The number of thioether (sulfide) groups is 1. The zero-order valence-corrected chi connectivity index (χ0v) is 15.8. The maximum absolute atomic E-state index is 12.1. The number of hydrogen-bond acceptors (Lipinski definition) is 5. The Kier molecular flexibility index (Phi) is 8.43. The number of nitrogens with zero attached hydrogens (tertiary/aromatic N) is 1. The number of carbonyl (C=O) groups is 3. The molecule has 26 heavy (non-hydrogen) atoms. The number of ether oxygens (including phenoxy) is 1. The molecular weight excluding hydrogens is 354 g/mol. The lowest BCUT2D eigenvalue weighted by molar-refractivity contribution is -0.116. The van der Waals surface area contributed by atoms with Crippen LogP contribution in [0.5, 0.6) is 0 Å². The summed E-state index contributed by atoms with van der Waals surface area (Å²) >= 11 is 1.28. The standard InChI is InChI=1S/C18H25N3O4S/c1-2-25-11-4-8-19-17(23)14-5-3-6-15(13-14)20-16(22)7-9-21-10-12-26-18(21)24/h3,5-6,13H,2,4,7-12H2,1H3,(H,19,23)(H,20,22). The quantitative estimate of drug-likeness (QED) is 0.609. The molecule has 2 N–H and O–H groups in total. The van der Waals surface area contributed by atoms with Crippen LogP contribution in [0, 0.1) is 0 Å². The third-order valence-electron chi connectivity index (χ3n) is 3.82. The summed E-state index contributed by atoms with van der Waals surface area (Å²) in [7, 11) is 0. The number of benzene rings is 1. The van der Waals surface area contributed by atoms with Crippen LogP contribution in [0.1, 0.15) is 30.1 Å². The molecule has 0 bridgehead atoms. The van der Waals surface area contributed by atoms with Gasteiger partial charge in [-0.1, -0.05) is 17.8 Å². The first kappa shape index (κ1) is 20.3. The van der Waals surface area contributed by atoms with Crippen LogP contribution in [0.4, 0.5) is 10.5 Å². The van der Waals surface area contributed by atoms with Crippen molar-refractivity contribution in [2.24, 2.45) is 0 Å². The fourth-order valence-corrected chi connectivity index (χ4v) is 3.30. The lowest BCUT2D eigenvalue weighted by atomic mass is 10.2. The number of amides is 3. The van der Waals surface area contributed by atoms with Crippen molar-refractivity contribution in [2.45, 2.75) is 19.8 Å². The Labute approximate surface area is 157 Å². The fourth-order valence-electron chi connectivity index (χ4n) is 2.45. The van der Waals surface area contributed by atoms with E-state index < -0.39 is 0 Å². The van der Waals surface area contributed by atoms with Gasteiger partial charge in [-0.15, -0.1) is 0 Å². The number of carbonyl (C=O) groups excluding carboxylic acids is 3. The molecule has 2 rings (SSSR count). The minimum absolute atomic E-state index is 0.0285. The second-order valence-electron chi connectivity index (χ2n) is 5.79. The molecule has 0 aliphatic carbocycles. The minimum atomic E-state index is -0.183. The molecule has 1 fully saturated rings. The Bertz CT molecular complexity index is 639. The lowest BCUT2D eigenvalue weighted by Crippen LogP contribution is -2.28. The molecule has 0 saturated carbocycles. The van der Waals surface area contributed by atoms with Crippen LogP contribution in [0.3, 0.4) is 0 Å². The average Bonchev–Trinajstić information content (AvgIpc) is 3.05. The molecule has 1 aliphatic rings. The Morgan fingerprint density at radius 3 is 2.92 bits per heavy atom. The molecular formula is C18H25N3O4S. The third-order valence-corrected chi connectivity index (χ3v) is 4.71. The van der Waals surface area contributed by atoms with Crippen LogP contribution in [-0.2, 0) is 9.53 Å². The zero-order chi connectivity index (χ0) is 18.8. The van der Waals surface area contributed by atoms with Crippen molar-refractivity contribution >= 4 is 34.5 Å². The van der Waals surface area contributed by atoms with E-state index in [2.05, 4.69) is 10.6 Å². The first-order chi connectivity index (χ1) is 12.6. The van der Waals surface area contributed by atoms with Gasteiger partial charge in [0.05, 0.1) is 0 Å². The summed E-state index contributed by atoms with van der Waals surface area (Å²) in [6.07, 6.45) is 0.990. The van der Waals surface area contributed by atoms with Gasteiger partial charge in [0, 0.05) is 56.3 Å². The lowest BCUT2D eigenvalue weighted by Gasteiger charge is -2.14. The molecule has 3 amide bonds. The maximum atomic E-state index is 12.1. The van der Waals surface area contributed by atoms with Crippen LogP contribution in [0.25, 0.3) is 0 Å². The van der Waals surface area contributed by atoms with E-state index in [9.17, 15) is 14.4 Å². The number of nitrogens with one attached hydrogen (secondary N) is 2.